The number of hydrogen-bond donors (Lipinski definition) is 0. The molecule has 0 radical (unpaired) electrons. The summed E-state index contributed by atoms with van der Waals surface area (Å²) in [7, 11) is 3.16. The first-order valence-electron chi connectivity index (χ1n) is 10.2. The summed E-state index contributed by atoms with van der Waals surface area (Å²) in [5.41, 5.74) is 3.01. The number of fused-ring (bicyclic) bond motifs is 1. The van der Waals surface area contributed by atoms with Crippen molar-refractivity contribution in [3.8, 4) is 11.5 Å². The molecule has 2 heterocycles. The lowest BCUT2D eigenvalue weighted by Gasteiger charge is -2.34. The second-order valence-electron chi connectivity index (χ2n) is 7.69. The number of nitrogens with zero attached hydrogens (tertiary/aromatic N) is 3. The minimum absolute atomic E-state index is 0.0157. The van der Waals surface area contributed by atoms with Crippen molar-refractivity contribution in [3.05, 3.63) is 47.5 Å². The van der Waals surface area contributed by atoms with Crippen LogP contribution in [-0.2, 0) is 0 Å². The van der Waals surface area contributed by atoms with Crippen molar-refractivity contribution in [2.45, 2.75) is 19.8 Å². The fraction of sp³-hybridized carbons (Fsp3) is 0.391. The van der Waals surface area contributed by atoms with Gasteiger partial charge in [-0.15, -0.1) is 0 Å². The van der Waals surface area contributed by atoms with E-state index in [1.807, 2.05) is 4.90 Å². The summed E-state index contributed by atoms with van der Waals surface area (Å²) in [5.74, 6) is 1.65. The molecule has 158 valence electrons. The lowest BCUT2D eigenvalue weighted by atomic mass is 10.0. The van der Waals surface area contributed by atoms with E-state index in [-0.39, 0.29) is 5.91 Å². The maximum atomic E-state index is 13.0. The van der Waals surface area contributed by atoms with Gasteiger partial charge in [-0.25, -0.2) is 4.98 Å². The Balaban J connectivity index is 1.47. The van der Waals surface area contributed by atoms with Crippen molar-refractivity contribution < 1.29 is 14.3 Å². The fourth-order valence-corrected chi connectivity index (χ4v) is 4.86. The number of aromatic nitrogens is 1. The van der Waals surface area contributed by atoms with Crippen molar-refractivity contribution in [3.63, 3.8) is 0 Å². The van der Waals surface area contributed by atoms with E-state index >= 15 is 0 Å². The van der Waals surface area contributed by atoms with Gasteiger partial charge < -0.3 is 19.3 Å². The van der Waals surface area contributed by atoms with Gasteiger partial charge in [0.2, 0.25) is 0 Å². The van der Waals surface area contributed by atoms with Crippen LogP contribution in [-0.4, -0.2) is 56.2 Å². The van der Waals surface area contributed by atoms with E-state index in [4.69, 9.17) is 14.5 Å². The zero-order valence-corrected chi connectivity index (χ0v) is 18.7. The van der Waals surface area contributed by atoms with Gasteiger partial charge in [0.25, 0.3) is 5.91 Å². The number of carbonyl (C=O) groups excluding carboxylic acids is 1. The standard InChI is InChI=1S/C23H27N3O3S/c1-15(2)17-6-5-7-20-21(17)24-23(30-20)26-12-10-25(11-13-26)22(27)16-8-9-18(28-3)19(14-16)29-4/h5-9,14-15H,10-13H2,1-4H3. The molecule has 3 aromatic rings. The maximum Gasteiger partial charge on any atom is 0.254 e. The largest absolute Gasteiger partial charge is 0.493 e. The van der Waals surface area contributed by atoms with E-state index in [0.717, 1.165) is 23.7 Å². The highest BCUT2D eigenvalue weighted by molar-refractivity contribution is 7.22. The Labute approximate surface area is 181 Å². The Bertz CT molecular complexity index is 1060. The van der Waals surface area contributed by atoms with Crippen LogP contribution in [0.15, 0.2) is 36.4 Å². The van der Waals surface area contributed by atoms with Gasteiger partial charge in [0, 0.05) is 31.7 Å². The third-order valence-electron chi connectivity index (χ3n) is 5.53. The topological polar surface area (TPSA) is 54.9 Å². The van der Waals surface area contributed by atoms with E-state index in [9.17, 15) is 4.79 Å². The SMILES string of the molecule is COc1ccc(C(=O)N2CCN(c3nc4c(C(C)C)cccc4s3)CC2)cc1OC. The quantitative estimate of drug-likeness (QED) is 0.606. The van der Waals surface area contributed by atoms with Gasteiger partial charge >= 0.3 is 0 Å². The molecule has 30 heavy (non-hydrogen) atoms. The van der Waals surface area contributed by atoms with E-state index in [1.165, 1.54) is 10.3 Å². The molecule has 1 amide bonds. The number of ether oxygens (including phenoxy) is 2. The van der Waals surface area contributed by atoms with Gasteiger partial charge in [-0.2, -0.15) is 0 Å². The van der Waals surface area contributed by atoms with Gasteiger partial charge in [-0.3, -0.25) is 4.79 Å². The van der Waals surface area contributed by atoms with Gasteiger partial charge in [-0.1, -0.05) is 37.3 Å². The summed E-state index contributed by atoms with van der Waals surface area (Å²) in [6, 6.07) is 11.7. The number of para-hydroxylation sites is 1. The molecule has 1 aromatic heterocycles. The third kappa shape index (κ3) is 3.81. The number of amides is 1. The minimum atomic E-state index is 0.0157. The van der Waals surface area contributed by atoms with Crippen molar-refractivity contribution in [2.24, 2.45) is 0 Å². The molecule has 1 aliphatic rings. The van der Waals surface area contributed by atoms with Crippen LogP contribution in [0.25, 0.3) is 10.2 Å². The number of thiazole rings is 1. The second kappa shape index (κ2) is 8.52. The number of rotatable bonds is 5. The number of piperazine rings is 1. The second-order valence-corrected chi connectivity index (χ2v) is 8.70. The predicted octanol–water partition coefficient (Wildman–Crippen LogP) is 4.40. The molecule has 2 aromatic carbocycles. The molecule has 1 fully saturated rings. The summed E-state index contributed by atoms with van der Waals surface area (Å²) >= 11 is 1.73. The van der Waals surface area contributed by atoms with Crippen molar-refractivity contribution in [2.75, 3.05) is 45.3 Å². The van der Waals surface area contributed by atoms with Crippen molar-refractivity contribution >= 4 is 32.6 Å². The minimum Gasteiger partial charge on any atom is -0.493 e. The molecule has 0 bridgehead atoms. The third-order valence-corrected chi connectivity index (χ3v) is 6.61. The zero-order chi connectivity index (χ0) is 21.3. The molecular weight excluding hydrogens is 398 g/mol. The zero-order valence-electron chi connectivity index (χ0n) is 17.8. The molecule has 0 saturated carbocycles. The van der Waals surface area contributed by atoms with Crippen LogP contribution in [0.1, 0.15) is 35.7 Å². The Morgan fingerprint density at radius 1 is 1.03 bits per heavy atom. The molecule has 7 heteroatoms. The van der Waals surface area contributed by atoms with E-state index in [1.54, 1.807) is 43.8 Å². The van der Waals surface area contributed by atoms with Gasteiger partial charge in [-0.05, 0) is 35.7 Å². The van der Waals surface area contributed by atoms with E-state index in [0.29, 0.717) is 36.1 Å². The molecule has 0 atom stereocenters. The highest BCUT2D eigenvalue weighted by Gasteiger charge is 2.25. The Kier molecular flexibility index (Phi) is 5.81. The molecule has 4 rings (SSSR count). The summed E-state index contributed by atoms with van der Waals surface area (Å²) in [6.07, 6.45) is 0. The Morgan fingerprint density at radius 2 is 1.77 bits per heavy atom. The number of methoxy groups -OCH3 is 2. The van der Waals surface area contributed by atoms with Crippen LogP contribution in [0.2, 0.25) is 0 Å². The normalized spacial score (nSPS) is 14.4. The first kappa shape index (κ1) is 20.5. The smallest absolute Gasteiger partial charge is 0.254 e. The monoisotopic (exact) mass is 425 g/mol. The van der Waals surface area contributed by atoms with Crippen LogP contribution in [0, 0.1) is 0 Å². The summed E-state index contributed by atoms with van der Waals surface area (Å²) in [4.78, 5) is 22.1. The Hall–Kier alpha value is -2.80. The van der Waals surface area contributed by atoms with Gasteiger partial charge in [0.05, 0.1) is 24.4 Å². The number of hydrogen-bond acceptors (Lipinski definition) is 6. The highest BCUT2D eigenvalue weighted by Crippen LogP contribution is 2.34. The predicted molar refractivity (Wildman–Crippen MR) is 121 cm³/mol. The fourth-order valence-electron chi connectivity index (χ4n) is 3.81. The van der Waals surface area contributed by atoms with Crippen LogP contribution >= 0.6 is 11.3 Å². The van der Waals surface area contributed by atoms with E-state index < -0.39 is 0 Å². The summed E-state index contributed by atoms with van der Waals surface area (Å²) < 4.78 is 11.8. The van der Waals surface area contributed by atoms with Crippen LogP contribution in [0.3, 0.4) is 0 Å². The van der Waals surface area contributed by atoms with Crippen molar-refractivity contribution in [1.29, 1.82) is 0 Å². The molecule has 1 aliphatic heterocycles. The van der Waals surface area contributed by atoms with Crippen LogP contribution < -0.4 is 14.4 Å². The summed E-state index contributed by atoms with van der Waals surface area (Å²) in [5, 5.41) is 1.04. The number of carbonyl (C=O) groups is 1. The van der Waals surface area contributed by atoms with Crippen LogP contribution in [0.5, 0.6) is 11.5 Å². The molecule has 1 saturated heterocycles. The molecule has 0 aliphatic carbocycles. The lowest BCUT2D eigenvalue weighted by molar-refractivity contribution is 0.0746. The molecule has 6 nitrogen and oxygen atoms in total. The average Bonchev–Trinajstić information content (AvgIpc) is 3.22. The van der Waals surface area contributed by atoms with Gasteiger partial charge in [0.15, 0.2) is 16.6 Å². The Morgan fingerprint density at radius 3 is 2.43 bits per heavy atom. The molecular formula is C23H27N3O3S. The first-order valence-corrected chi connectivity index (χ1v) is 11.0. The lowest BCUT2D eigenvalue weighted by Crippen LogP contribution is -2.48. The average molecular weight is 426 g/mol. The van der Waals surface area contributed by atoms with Crippen molar-refractivity contribution in [1.82, 2.24) is 9.88 Å². The maximum absolute atomic E-state index is 13.0. The molecule has 0 unspecified atom stereocenters. The van der Waals surface area contributed by atoms with E-state index in [2.05, 4.69) is 36.9 Å². The van der Waals surface area contributed by atoms with Crippen LogP contribution in [0.4, 0.5) is 5.13 Å². The van der Waals surface area contributed by atoms with Gasteiger partial charge in [0.1, 0.15) is 0 Å². The first-order chi connectivity index (χ1) is 14.5. The number of anilines is 1. The summed E-state index contributed by atoms with van der Waals surface area (Å²) in [6.45, 7) is 7.28. The molecule has 0 N–H and O–H groups in total. The molecule has 0 spiro atoms. The number of benzene rings is 2. The highest BCUT2D eigenvalue weighted by atomic mass is 32.1.